The van der Waals surface area contributed by atoms with Gasteiger partial charge in [0.1, 0.15) is 5.82 Å². The Hall–Kier alpha value is -1.66. The first-order valence-electron chi connectivity index (χ1n) is 5.52. The Morgan fingerprint density at radius 2 is 2.29 bits per heavy atom. The minimum absolute atomic E-state index is 0.00235. The van der Waals surface area contributed by atoms with Gasteiger partial charge in [0, 0.05) is 12.1 Å². The summed E-state index contributed by atoms with van der Waals surface area (Å²) in [5.41, 5.74) is 7.50. The number of nitrogens with one attached hydrogen (secondary N) is 1. The zero-order chi connectivity index (χ0) is 11.8. The van der Waals surface area contributed by atoms with Crippen LogP contribution in [0.3, 0.4) is 0 Å². The van der Waals surface area contributed by atoms with Crippen LogP contribution in [-0.4, -0.2) is 41.3 Å². The van der Waals surface area contributed by atoms with Gasteiger partial charge in [-0.3, -0.25) is 0 Å². The van der Waals surface area contributed by atoms with Crippen molar-refractivity contribution in [2.45, 2.75) is 12.0 Å². The van der Waals surface area contributed by atoms with Gasteiger partial charge >= 0.3 is 0 Å². The summed E-state index contributed by atoms with van der Waals surface area (Å²) in [6, 6.07) is 3.70. The molecule has 1 fully saturated rings. The van der Waals surface area contributed by atoms with Gasteiger partial charge in [-0.2, -0.15) is 4.98 Å². The molecule has 0 aliphatic carbocycles. The first-order chi connectivity index (χ1) is 8.28. The van der Waals surface area contributed by atoms with Crippen LogP contribution in [-0.2, 0) is 4.74 Å². The van der Waals surface area contributed by atoms with E-state index in [1.165, 1.54) is 0 Å². The van der Waals surface area contributed by atoms with E-state index in [1.807, 2.05) is 6.07 Å². The lowest BCUT2D eigenvalue weighted by Crippen LogP contribution is -2.27. The number of nitrogens with two attached hydrogens (primary N) is 1. The number of ether oxygens (including phenoxy) is 2. The molecule has 3 N–H and O–H groups in total. The van der Waals surface area contributed by atoms with Crippen molar-refractivity contribution in [2.75, 3.05) is 20.3 Å². The molecule has 6 heteroatoms. The molecule has 1 aliphatic heterocycles. The van der Waals surface area contributed by atoms with E-state index in [2.05, 4.69) is 15.0 Å². The molecular formula is C11H14N4O2. The lowest BCUT2D eigenvalue weighted by Gasteiger charge is -2.08. The number of imidazole rings is 1. The summed E-state index contributed by atoms with van der Waals surface area (Å²) >= 11 is 0. The third-order valence-corrected chi connectivity index (χ3v) is 3.02. The molecule has 3 rings (SSSR count). The molecule has 0 spiro atoms. The van der Waals surface area contributed by atoms with Crippen molar-refractivity contribution < 1.29 is 9.47 Å². The Morgan fingerprint density at radius 3 is 3.00 bits per heavy atom. The normalized spacial score (nSPS) is 24.4. The van der Waals surface area contributed by atoms with E-state index in [-0.39, 0.29) is 12.0 Å². The van der Waals surface area contributed by atoms with Crippen LogP contribution in [0.4, 0.5) is 0 Å². The second-order valence-electron chi connectivity index (χ2n) is 4.15. The average Bonchev–Trinajstić information content (AvgIpc) is 2.93. The van der Waals surface area contributed by atoms with E-state index in [0.29, 0.717) is 24.7 Å². The SMILES string of the molecule is COc1ccc2[nH]c(C3COCC3N)nc2n1. The Labute approximate surface area is 98.1 Å². The largest absolute Gasteiger partial charge is 0.481 e. The summed E-state index contributed by atoms with van der Waals surface area (Å²) in [5, 5.41) is 0. The van der Waals surface area contributed by atoms with Gasteiger partial charge in [0.05, 0.1) is 31.8 Å². The van der Waals surface area contributed by atoms with Crippen molar-refractivity contribution in [3.8, 4) is 5.88 Å². The Bertz CT molecular complexity index is 539. The number of aromatic nitrogens is 3. The predicted octanol–water partition coefficient (Wildman–Crippen LogP) is 0.408. The van der Waals surface area contributed by atoms with Crippen molar-refractivity contribution in [3.63, 3.8) is 0 Å². The first kappa shape index (κ1) is 10.5. The third-order valence-electron chi connectivity index (χ3n) is 3.02. The molecule has 0 aromatic carbocycles. The lowest BCUT2D eigenvalue weighted by atomic mass is 10.0. The van der Waals surface area contributed by atoms with E-state index in [1.54, 1.807) is 13.2 Å². The number of fused-ring (bicyclic) bond motifs is 1. The molecule has 2 aromatic rings. The Balaban J connectivity index is 2.01. The van der Waals surface area contributed by atoms with Gasteiger partial charge in [-0.15, -0.1) is 0 Å². The van der Waals surface area contributed by atoms with E-state index < -0.39 is 0 Å². The van der Waals surface area contributed by atoms with Gasteiger partial charge in [0.2, 0.25) is 5.88 Å². The maximum Gasteiger partial charge on any atom is 0.215 e. The highest BCUT2D eigenvalue weighted by molar-refractivity contribution is 5.71. The van der Waals surface area contributed by atoms with Crippen LogP contribution in [0.15, 0.2) is 12.1 Å². The van der Waals surface area contributed by atoms with E-state index in [4.69, 9.17) is 15.2 Å². The van der Waals surface area contributed by atoms with Crippen LogP contribution in [0.25, 0.3) is 11.2 Å². The van der Waals surface area contributed by atoms with Crippen molar-refractivity contribution in [2.24, 2.45) is 5.73 Å². The lowest BCUT2D eigenvalue weighted by molar-refractivity contribution is 0.190. The zero-order valence-electron chi connectivity index (χ0n) is 9.51. The van der Waals surface area contributed by atoms with Gasteiger partial charge in [-0.1, -0.05) is 0 Å². The molecular weight excluding hydrogens is 220 g/mol. The number of nitrogens with zero attached hydrogens (tertiary/aromatic N) is 2. The molecule has 2 aromatic heterocycles. The standard InChI is InChI=1S/C11H14N4O2/c1-16-9-3-2-8-11(14-9)15-10(13-8)6-4-17-5-7(6)12/h2-3,6-7H,4-5,12H2,1H3,(H,13,14,15). The molecule has 0 saturated carbocycles. The Morgan fingerprint density at radius 1 is 1.41 bits per heavy atom. The van der Waals surface area contributed by atoms with Crippen LogP contribution in [0, 0.1) is 0 Å². The summed E-state index contributed by atoms with van der Waals surface area (Å²) in [6.07, 6.45) is 0. The number of hydrogen-bond acceptors (Lipinski definition) is 5. The van der Waals surface area contributed by atoms with Gasteiger partial charge in [0.15, 0.2) is 5.65 Å². The summed E-state index contributed by atoms with van der Waals surface area (Å²) in [5.74, 6) is 1.52. The van der Waals surface area contributed by atoms with E-state index in [9.17, 15) is 0 Å². The van der Waals surface area contributed by atoms with Crippen LogP contribution in [0.5, 0.6) is 5.88 Å². The summed E-state index contributed by atoms with van der Waals surface area (Å²) < 4.78 is 10.4. The van der Waals surface area contributed by atoms with Crippen molar-refractivity contribution in [3.05, 3.63) is 18.0 Å². The molecule has 2 unspecified atom stereocenters. The molecule has 2 atom stereocenters. The minimum Gasteiger partial charge on any atom is -0.481 e. The second-order valence-corrected chi connectivity index (χ2v) is 4.15. The molecule has 1 saturated heterocycles. The quantitative estimate of drug-likeness (QED) is 0.785. The van der Waals surface area contributed by atoms with Crippen LogP contribution in [0.2, 0.25) is 0 Å². The molecule has 3 heterocycles. The minimum atomic E-state index is -0.00235. The molecule has 6 nitrogen and oxygen atoms in total. The van der Waals surface area contributed by atoms with Crippen molar-refractivity contribution in [1.82, 2.24) is 15.0 Å². The number of hydrogen-bond donors (Lipinski definition) is 2. The van der Waals surface area contributed by atoms with Gasteiger partial charge < -0.3 is 20.2 Å². The third kappa shape index (κ3) is 1.75. The van der Waals surface area contributed by atoms with Crippen LogP contribution in [0.1, 0.15) is 11.7 Å². The van der Waals surface area contributed by atoms with Gasteiger partial charge in [0.25, 0.3) is 0 Å². The van der Waals surface area contributed by atoms with Crippen molar-refractivity contribution in [1.29, 1.82) is 0 Å². The number of aromatic amines is 1. The molecule has 0 bridgehead atoms. The average molecular weight is 234 g/mol. The number of H-pyrrole nitrogens is 1. The highest BCUT2D eigenvalue weighted by Crippen LogP contribution is 2.24. The number of methoxy groups -OCH3 is 1. The summed E-state index contributed by atoms with van der Waals surface area (Å²) in [4.78, 5) is 11.9. The van der Waals surface area contributed by atoms with Crippen LogP contribution < -0.4 is 10.5 Å². The fourth-order valence-corrected chi connectivity index (χ4v) is 2.04. The van der Waals surface area contributed by atoms with E-state index >= 15 is 0 Å². The molecule has 0 radical (unpaired) electrons. The second kappa shape index (κ2) is 3.97. The highest BCUT2D eigenvalue weighted by Gasteiger charge is 2.29. The molecule has 1 aliphatic rings. The van der Waals surface area contributed by atoms with E-state index in [0.717, 1.165) is 11.3 Å². The summed E-state index contributed by atoms with van der Waals surface area (Å²) in [6.45, 7) is 1.19. The highest BCUT2D eigenvalue weighted by atomic mass is 16.5. The molecule has 0 amide bonds. The molecule has 90 valence electrons. The van der Waals surface area contributed by atoms with Crippen molar-refractivity contribution >= 4 is 11.2 Å². The predicted molar refractivity (Wildman–Crippen MR) is 62.0 cm³/mol. The molecule has 17 heavy (non-hydrogen) atoms. The number of pyridine rings is 1. The first-order valence-corrected chi connectivity index (χ1v) is 5.52. The Kier molecular flexibility index (Phi) is 2.45. The van der Waals surface area contributed by atoms with Crippen LogP contribution >= 0.6 is 0 Å². The smallest absolute Gasteiger partial charge is 0.215 e. The summed E-state index contributed by atoms with van der Waals surface area (Å²) in [7, 11) is 1.59. The van der Waals surface area contributed by atoms with Gasteiger partial charge in [-0.25, -0.2) is 4.98 Å². The fraction of sp³-hybridized carbons (Fsp3) is 0.455. The number of rotatable bonds is 2. The maximum absolute atomic E-state index is 5.96. The topological polar surface area (TPSA) is 86.0 Å². The zero-order valence-corrected chi connectivity index (χ0v) is 9.51. The maximum atomic E-state index is 5.96. The van der Waals surface area contributed by atoms with Gasteiger partial charge in [-0.05, 0) is 6.07 Å². The fourth-order valence-electron chi connectivity index (χ4n) is 2.04. The monoisotopic (exact) mass is 234 g/mol.